The zero-order valence-corrected chi connectivity index (χ0v) is 6.71. The van der Waals surface area contributed by atoms with Crippen LogP contribution >= 0.6 is 0 Å². The summed E-state index contributed by atoms with van der Waals surface area (Å²) in [6.45, 7) is 6.11. The first-order valence-electron chi connectivity index (χ1n) is 4.20. The molecule has 1 fully saturated rings. The Morgan fingerprint density at radius 2 is 2.00 bits per heavy atom. The van der Waals surface area contributed by atoms with Gasteiger partial charge in [0.15, 0.2) is 0 Å². The van der Waals surface area contributed by atoms with Crippen molar-refractivity contribution in [2.75, 3.05) is 26.2 Å². The Morgan fingerprint density at radius 1 is 1.40 bits per heavy atom. The highest BCUT2D eigenvalue weighted by molar-refractivity contribution is 4.70. The number of hydrogen-bond acceptors (Lipinski definition) is 2. The highest BCUT2D eigenvalue weighted by Gasteiger charge is 2.16. The van der Waals surface area contributed by atoms with E-state index in [0.717, 1.165) is 6.54 Å². The van der Waals surface area contributed by atoms with Gasteiger partial charge in [0.05, 0.1) is 0 Å². The summed E-state index contributed by atoms with van der Waals surface area (Å²) >= 11 is 0. The van der Waals surface area contributed by atoms with E-state index in [1.165, 1.54) is 25.9 Å². The van der Waals surface area contributed by atoms with Crippen LogP contribution in [0.1, 0.15) is 19.8 Å². The number of nitrogens with zero attached hydrogens (tertiary/aromatic N) is 1. The van der Waals surface area contributed by atoms with Gasteiger partial charge in [-0.2, -0.15) is 0 Å². The lowest BCUT2D eigenvalue weighted by Crippen LogP contribution is -2.34. The second-order valence-corrected chi connectivity index (χ2v) is 3.06. The molecule has 0 radical (unpaired) electrons. The molecule has 1 saturated heterocycles. The van der Waals surface area contributed by atoms with Crippen LogP contribution in [-0.4, -0.2) is 36.2 Å². The molecule has 0 saturated carbocycles. The second kappa shape index (κ2) is 3.94. The number of hydrogen-bond donors (Lipinski definition) is 1. The molecule has 10 heavy (non-hydrogen) atoms. The van der Waals surface area contributed by atoms with Crippen LogP contribution in [0.15, 0.2) is 0 Å². The van der Waals surface area contributed by atoms with Crippen molar-refractivity contribution in [3.8, 4) is 0 Å². The van der Waals surface area contributed by atoms with Crippen LogP contribution in [0.5, 0.6) is 0 Å². The van der Waals surface area contributed by atoms with Crippen molar-refractivity contribution in [2.24, 2.45) is 5.92 Å². The summed E-state index contributed by atoms with van der Waals surface area (Å²) < 4.78 is 0. The monoisotopic (exact) mass is 143 g/mol. The zero-order valence-electron chi connectivity index (χ0n) is 6.71. The third-order valence-corrected chi connectivity index (χ3v) is 2.41. The van der Waals surface area contributed by atoms with E-state index < -0.39 is 0 Å². The number of aliphatic hydroxyl groups excluding tert-OH is 1. The van der Waals surface area contributed by atoms with E-state index in [0.29, 0.717) is 12.5 Å². The zero-order chi connectivity index (χ0) is 7.40. The lowest BCUT2D eigenvalue weighted by molar-refractivity contribution is 0.135. The van der Waals surface area contributed by atoms with Crippen molar-refractivity contribution < 1.29 is 5.11 Å². The van der Waals surface area contributed by atoms with E-state index in [1.807, 2.05) is 0 Å². The van der Waals surface area contributed by atoms with Gasteiger partial charge in [0.25, 0.3) is 0 Å². The molecule has 1 aliphatic heterocycles. The average molecular weight is 143 g/mol. The van der Waals surface area contributed by atoms with Crippen molar-refractivity contribution in [3.05, 3.63) is 0 Å². The van der Waals surface area contributed by atoms with E-state index in [9.17, 15) is 0 Å². The maximum Gasteiger partial charge on any atom is 0.0460 e. The van der Waals surface area contributed by atoms with Crippen LogP contribution in [0.2, 0.25) is 0 Å². The Bertz CT molecular complexity index is 75.3. The van der Waals surface area contributed by atoms with Crippen LogP contribution in [0.4, 0.5) is 0 Å². The Hall–Kier alpha value is -0.0800. The lowest BCUT2D eigenvalue weighted by Gasteiger charge is -2.29. The first kappa shape index (κ1) is 8.02. The molecule has 0 unspecified atom stereocenters. The van der Waals surface area contributed by atoms with E-state index >= 15 is 0 Å². The van der Waals surface area contributed by atoms with Gasteiger partial charge in [-0.05, 0) is 38.4 Å². The van der Waals surface area contributed by atoms with Gasteiger partial charge in [0.2, 0.25) is 0 Å². The van der Waals surface area contributed by atoms with Gasteiger partial charge >= 0.3 is 0 Å². The van der Waals surface area contributed by atoms with Gasteiger partial charge in [-0.3, -0.25) is 0 Å². The van der Waals surface area contributed by atoms with Crippen molar-refractivity contribution in [1.29, 1.82) is 0 Å². The quantitative estimate of drug-likeness (QED) is 0.615. The fraction of sp³-hybridized carbons (Fsp3) is 1.00. The fourth-order valence-corrected chi connectivity index (χ4v) is 1.49. The Morgan fingerprint density at radius 3 is 2.40 bits per heavy atom. The minimum atomic E-state index is 0.386. The van der Waals surface area contributed by atoms with Gasteiger partial charge in [-0.15, -0.1) is 0 Å². The summed E-state index contributed by atoms with van der Waals surface area (Å²) in [5, 5.41) is 8.83. The van der Waals surface area contributed by atoms with Crippen LogP contribution in [-0.2, 0) is 0 Å². The molecule has 1 rings (SSSR count). The molecule has 1 heterocycles. The SMILES string of the molecule is CCN1CCC(CO)CC1. The first-order chi connectivity index (χ1) is 4.86. The minimum Gasteiger partial charge on any atom is -0.396 e. The molecule has 0 bridgehead atoms. The topological polar surface area (TPSA) is 23.5 Å². The van der Waals surface area contributed by atoms with Gasteiger partial charge in [0.1, 0.15) is 0 Å². The van der Waals surface area contributed by atoms with Crippen LogP contribution in [0, 0.1) is 5.92 Å². The molecule has 0 spiro atoms. The molecule has 0 aliphatic carbocycles. The molecule has 0 amide bonds. The molecule has 0 atom stereocenters. The lowest BCUT2D eigenvalue weighted by atomic mass is 9.98. The van der Waals surface area contributed by atoms with E-state index in [2.05, 4.69) is 11.8 Å². The molecule has 0 aromatic carbocycles. The van der Waals surface area contributed by atoms with Crippen molar-refractivity contribution in [3.63, 3.8) is 0 Å². The molecule has 1 N–H and O–H groups in total. The number of aliphatic hydroxyl groups is 1. The number of piperidine rings is 1. The van der Waals surface area contributed by atoms with Gasteiger partial charge in [-0.25, -0.2) is 0 Å². The summed E-state index contributed by atoms with van der Waals surface area (Å²) in [5.74, 6) is 0.586. The predicted octanol–water partition coefficient (Wildman–Crippen LogP) is 0.711. The summed E-state index contributed by atoms with van der Waals surface area (Å²) in [5.41, 5.74) is 0. The predicted molar refractivity (Wildman–Crippen MR) is 41.9 cm³/mol. The smallest absolute Gasteiger partial charge is 0.0460 e. The van der Waals surface area contributed by atoms with E-state index in [-0.39, 0.29) is 0 Å². The van der Waals surface area contributed by atoms with Crippen molar-refractivity contribution >= 4 is 0 Å². The standard InChI is InChI=1S/C8H17NO/c1-2-9-5-3-8(7-10)4-6-9/h8,10H,2-7H2,1H3. The molecule has 1 aliphatic rings. The van der Waals surface area contributed by atoms with Crippen LogP contribution in [0.25, 0.3) is 0 Å². The summed E-state index contributed by atoms with van der Waals surface area (Å²) in [6, 6.07) is 0. The molecule has 0 aromatic rings. The molecule has 2 heteroatoms. The molecule has 0 aromatic heterocycles. The van der Waals surface area contributed by atoms with Crippen LogP contribution in [0.3, 0.4) is 0 Å². The molecular weight excluding hydrogens is 126 g/mol. The Kier molecular flexibility index (Phi) is 3.16. The van der Waals surface area contributed by atoms with E-state index in [1.54, 1.807) is 0 Å². The third-order valence-electron chi connectivity index (χ3n) is 2.41. The third kappa shape index (κ3) is 1.96. The largest absolute Gasteiger partial charge is 0.396 e. The van der Waals surface area contributed by atoms with Crippen molar-refractivity contribution in [2.45, 2.75) is 19.8 Å². The highest BCUT2D eigenvalue weighted by Crippen LogP contribution is 2.15. The van der Waals surface area contributed by atoms with Gasteiger partial charge in [-0.1, -0.05) is 6.92 Å². The summed E-state index contributed by atoms with van der Waals surface area (Å²) in [4.78, 5) is 2.44. The highest BCUT2D eigenvalue weighted by atomic mass is 16.3. The maximum atomic E-state index is 8.83. The number of likely N-dealkylation sites (tertiary alicyclic amines) is 1. The van der Waals surface area contributed by atoms with Crippen molar-refractivity contribution in [1.82, 2.24) is 4.90 Å². The van der Waals surface area contributed by atoms with Gasteiger partial charge < -0.3 is 10.0 Å². The average Bonchev–Trinajstić information content (AvgIpc) is 2.05. The summed E-state index contributed by atoms with van der Waals surface area (Å²) in [6.07, 6.45) is 2.37. The number of rotatable bonds is 2. The minimum absolute atomic E-state index is 0.386. The first-order valence-corrected chi connectivity index (χ1v) is 4.20. The molecular formula is C8H17NO. The molecule has 2 nitrogen and oxygen atoms in total. The molecule has 60 valence electrons. The van der Waals surface area contributed by atoms with Crippen LogP contribution < -0.4 is 0 Å². The second-order valence-electron chi connectivity index (χ2n) is 3.06. The normalized spacial score (nSPS) is 23.4. The fourth-order valence-electron chi connectivity index (χ4n) is 1.49. The maximum absolute atomic E-state index is 8.83. The Balaban J connectivity index is 2.17. The Labute approximate surface area is 62.8 Å². The van der Waals surface area contributed by atoms with E-state index in [4.69, 9.17) is 5.11 Å². The van der Waals surface area contributed by atoms with Gasteiger partial charge in [0, 0.05) is 6.61 Å². The summed E-state index contributed by atoms with van der Waals surface area (Å²) in [7, 11) is 0.